The van der Waals surface area contributed by atoms with Crippen molar-refractivity contribution in [3.63, 3.8) is 0 Å². The quantitative estimate of drug-likeness (QED) is 0.564. The standard InChI is InChI=1S/C17H9Cl2NO3S2/c18-11-5-4-9(13(19)8-11)7-14-15(21)20(17(24)25-14)12-3-1-2-10(6-12)16(22)23/h1-8H,(H,22,23)/b14-7-. The molecule has 1 aliphatic rings. The maximum absolute atomic E-state index is 12.7. The van der Waals surface area contributed by atoms with Crippen LogP contribution in [0.1, 0.15) is 15.9 Å². The third kappa shape index (κ3) is 3.72. The average molecular weight is 410 g/mol. The first-order chi connectivity index (χ1) is 11.9. The van der Waals surface area contributed by atoms with E-state index < -0.39 is 5.97 Å². The fourth-order valence-electron chi connectivity index (χ4n) is 2.23. The van der Waals surface area contributed by atoms with Crippen LogP contribution in [-0.4, -0.2) is 21.3 Å². The Morgan fingerprint density at radius 2 is 1.96 bits per heavy atom. The SMILES string of the molecule is O=C(O)c1cccc(N2C(=O)/C(=C/c3ccc(Cl)cc3Cl)SC2=S)c1. The van der Waals surface area contributed by atoms with Crippen LogP contribution in [-0.2, 0) is 4.79 Å². The van der Waals surface area contributed by atoms with E-state index in [1.54, 1.807) is 36.4 Å². The number of amides is 1. The molecule has 0 aliphatic carbocycles. The molecule has 0 atom stereocenters. The van der Waals surface area contributed by atoms with Crippen molar-refractivity contribution >= 4 is 75.1 Å². The summed E-state index contributed by atoms with van der Waals surface area (Å²) in [6, 6.07) is 11.0. The van der Waals surface area contributed by atoms with Gasteiger partial charge < -0.3 is 5.11 Å². The zero-order chi connectivity index (χ0) is 18.1. The Kier molecular flexibility index (Phi) is 5.15. The number of carbonyl (C=O) groups is 2. The topological polar surface area (TPSA) is 57.6 Å². The van der Waals surface area contributed by atoms with E-state index in [2.05, 4.69) is 0 Å². The number of carboxylic acid groups (broad SMARTS) is 1. The smallest absolute Gasteiger partial charge is 0.335 e. The molecule has 1 amide bonds. The summed E-state index contributed by atoms with van der Waals surface area (Å²) in [7, 11) is 0. The number of thiocarbonyl (C=S) groups is 1. The lowest BCUT2D eigenvalue weighted by molar-refractivity contribution is -0.113. The Bertz CT molecular complexity index is 943. The molecule has 2 aromatic rings. The third-order valence-electron chi connectivity index (χ3n) is 3.39. The molecule has 0 bridgehead atoms. The third-order valence-corrected chi connectivity index (χ3v) is 5.26. The maximum atomic E-state index is 12.7. The number of benzene rings is 2. The molecule has 3 rings (SSSR count). The fraction of sp³-hybridized carbons (Fsp3) is 0. The summed E-state index contributed by atoms with van der Waals surface area (Å²) >= 11 is 18.4. The highest BCUT2D eigenvalue weighted by atomic mass is 35.5. The highest BCUT2D eigenvalue weighted by molar-refractivity contribution is 8.27. The van der Waals surface area contributed by atoms with Crippen LogP contribution in [0, 0.1) is 0 Å². The molecule has 0 unspecified atom stereocenters. The Balaban J connectivity index is 1.96. The first-order valence-corrected chi connectivity index (χ1v) is 8.91. The van der Waals surface area contributed by atoms with Crippen molar-refractivity contribution in [2.75, 3.05) is 4.90 Å². The molecule has 1 saturated heterocycles. The van der Waals surface area contributed by atoms with Gasteiger partial charge in [0.15, 0.2) is 4.32 Å². The molecule has 1 aliphatic heterocycles. The van der Waals surface area contributed by atoms with Crippen molar-refractivity contribution in [3.8, 4) is 0 Å². The number of carbonyl (C=O) groups excluding carboxylic acids is 1. The van der Waals surface area contributed by atoms with Gasteiger partial charge in [-0.1, -0.05) is 59.3 Å². The molecule has 1 N–H and O–H groups in total. The number of carboxylic acids is 1. The predicted molar refractivity (Wildman–Crippen MR) is 106 cm³/mol. The second-order valence-electron chi connectivity index (χ2n) is 5.04. The summed E-state index contributed by atoms with van der Waals surface area (Å²) in [6.45, 7) is 0. The second-order valence-corrected chi connectivity index (χ2v) is 7.56. The predicted octanol–water partition coefficient (Wildman–Crippen LogP) is 5.10. The molecule has 4 nitrogen and oxygen atoms in total. The van der Waals surface area contributed by atoms with Gasteiger partial charge in [-0.25, -0.2) is 4.79 Å². The molecule has 1 heterocycles. The monoisotopic (exact) mass is 409 g/mol. The second kappa shape index (κ2) is 7.17. The van der Waals surface area contributed by atoms with Gasteiger partial charge in [0, 0.05) is 10.0 Å². The lowest BCUT2D eigenvalue weighted by atomic mass is 10.2. The number of hydrogen-bond acceptors (Lipinski definition) is 4. The number of aromatic carboxylic acids is 1. The normalized spacial score (nSPS) is 15.9. The van der Waals surface area contributed by atoms with Crippen LogP contribution >= 0.6 is 47.2 Å². The summed E-state index contributed by atoms with van der Waals surface area (Å²) in [5.41, 5.74) is 1.13. The van der Waals surface area contributed by atoms with Crippen molar-refractivity contribution in [3.05, 3.63) is 68.5 Å². The first kappa shape index (κ1) is 17.9. The van der Waals surface area contributed by atoms with E-state index in [4.69, 9.17) is 40.5 Å². The zero-order valence-electron chi connectivity index (χ0n) is 12.4. The van der Waals surface area contributed by atoms with Gasteiger partial charge in [0.05, 0.1) is 16.2 Å². The minimum absolute atomic E-state index is 0.0799. The molecule has 0 spiro atoms. The van der Waals surface area contributed by atoms with Crippen molar-refractivity contribution in [1.82, 2.24) is 0 Å². The van der Waals surface area contributed by atoms with E-state index in [9.17, 15) is 9.59 Å². The number of hydrogen-bond donors (Lipinski definition) is 1. The van der Waals surface area contributed by atoms with Crippen LogP contribution in [0.25, 0.3) is 6.08 Å². The summed E-state index contributed by atoms with van der Waals surface area (Å²) in [6.07, 6.45) is 1.64. The molecule has 8 heteroatoms. The Morgan fingerprint density at radius 1 is 1.20 bits per heavy atom. The molecular formula is C17H9Cl2NO3S2. The van der Waals surface area contributed by atoms with Crippen molar-refractivity contribution < 1.29 is 14.7 Å². The van der Waals surface area contributed by atoms with Crippen LogP contribution in [0.4, 0.5) is 5.69 Å². The van der Waals surface area contributed by atoms with Crippen molar-refractivity contribution in [2.45, 2.75) is 0 Å². The summed E-state index contributed by atoms with van der Waals surface area (Å²) in [5.74, 6) is -1.40. The van der Waals surface area contributed by atoms with E-state index in [0.717, 1.165) is 11.8 Å². The molecule has 25 heavy (non-hydrogen) atoms. The largest absolute Gasteiger partial charge is 0.478 e. The van der Waals surface area contributed by atoms with E-state index in [-0.39, 0.29) is 11.5 Å². The number of rotatable bonds is 3. The summed E-state index contributed by atoms with van der Waals surface area (Å²) in [4.78, 5) is 25.5. The van der Waals surface area contributed by atoms with Crippen LogP contribution in [0.15, 0.2) is 47.4 Å². The molecule has 0 aromatic heterocycles. The van der Waals surface area contributed by atoms with Gasteiger partial charge in [-0.2, -0.15) is 0 Å². The number of nitrogens with zero attached hydrogens (tertiary/aromatic N) is 1. The maximum Gasteiger partial charge on any atom is 0.335 e. The van der Waals surface area contributed by atoms with E-state index in [1.807, 2.05) is 0 Å². The Morgan fingerprint density at radius 3 is 2.64 bits per heavy atom. The summed E-state index contributed by atoms with van der Waals surface area (Å²) < 4.78 is 0.323. The lowest BCUT2D eigenvalue weighted by Gasteiger charge is -2.14. The number of halogens is 2. The Labute approximate surface area is 163 Å². The first-order valence-electron chi connectivity index (χ1n) is 6.93. The Hall–Kier alpha value is -1.86. The van der Waals surface area contributed by atoms with Gasteiger partial charge in [0.25, 0.3) is 5.91 Å². The summed E-state index contributed by atoms with van der Waals surface area (Å²) in [5, 5.41) is 10.0. The molecule has 1 fully saturated rings. The van der Waals surface area contributed by atoms with Gasteiger partial charge in [-0.3, -0.25) is 9.69 Å². The highest BCUT2D eigenvalue weighted by Gasteiger charge is 2.33. The van der Waals surface area contributed by atoms with Crippen LogP contribution < -0.4 is 4.90 Å². The number of anilines is 1. The van der Waals surface area contributed by atoms with Crippen molar-refractivity contribution in [2.24, 2.45) is 0 Å². The minimum Gasteiger partial charge on any atom is -0.478 e. The average Bonchev–Trinajstić information content (AvgIpc) is 2.84. The van der Waals surface area contributed by atoms with Crippen LogP contribution in [0.2, 0.25) is 10.0 Å². The van der Waals surface area contributed by atoms with Gasteiger partial charge in [0.2, 0.25) is 0 Å². The lowest BCUT2D eigenvalue weighted by Crippen LogP contribution is -2.27. The minimum atomic E-state index is -1.07. The fourth-order valence-corrected chi connectivity index (χ4v) is 3.98. The van der Waals surface area contributed by atoms with Crippen LogP contribution in [0.5, 0.6) is 0 Å². The van der Waals surface area contributed by atoms with Crippen molar-refractivity contribution in [1.29, 1.82) is 0 Å². The zero-order valence-corrected chi connectivity index (χ0v) is 15.5. The van der Waals surface area contributed by atoms with Gasteiger partial charge >= 0.3 is 5.97 Å². The van der Waals surface area contributed by atoms with E-state index >= 15 is 0 Å². The van der Waals surface area contributed by atoms with Gasteiger partial charge in [0.1, 0.15) is 0 Å². The van der Waals surface area contributed by atoms with E-state index in [1.165, 1.54) is 17.0 Å². The highest BCUT2D eigenvalue weighted by Crippen LogP contribution is 2.37. The van der Waals surface area contributed by atoms with Crippen LogP contribution in [0.3, 0.4) is 0 Å². The molecule has 2 aromatic carbocycles. The molecule has 0 radical (unpaired) electrons. The molecular weight excluding hydrogens is 401 g/mol. The van der Waals surface area contributed by atoms with Gasteiger partial charge in [-0.05, 0) is 42.0 Å². The van der Waals surface area contributed by atoms with Gasteiger partial charge in [-0.15, -0.1) is 0 Å². The molecule has 0 saturated carbocycles. The van der Waals surface area contributed by atoms with E-state index in [0.29, 0.717) is 30.5 Å². The molecule has 126 valence electrons. The number of thioether (sulfide) groups is 1.